The SMILES string of the molecule is CC(Cc1ccc(O)cc1)Nc1ccc2ncccc2c1. The van der Waals surface area contributed by atoms with Gasteiger partial charge in [0.2, 0.25) is 0 Å². The second kappa shape index (κ2) is 5.83. The Labute approximate surface area is 124 Å². The molecule has 3 aromatic rings. The van der Waals surface area contributed by atoms with Gasteiger partial charge < -0.3 is 10.4 Å². The molecule has 0 aliphatic rings. The molecule has 106 valence electrons. The van der Waals surface area contributed by atoms with Gasteiger partial charge in [-0.2, -0.15) is 0 Å². The van der Waals surface area contributed by atoms with Crippen LogP contribution in [0.25, 0.3) is 10.9 Å². The number of anilines is 1. The highest BCUT2D eigenvalue weighted by atomic mass is 16.3. The molecule has 1 aromatic heterocycles. The number of phenols is 1. The molecule has 3 heteroatoms. The first kappa shape index (κ1) is 13.4. The van der Waals surface area contributed by atoms with Crippen LogP contribution in [0.2, 0.25) is 0 Å². The number of benzene rings is 2. The van der Waals surface area contributed by atoms with E-state index in [1.165, 1.54) is 5.56 Å². The fourth-order valence-electron chi connectivity index (χ4n) is 2.49. The number of nitrogens with one attached hydrogen (secondary N) is 1. The zero-order chi connectivity index (χ0) is 14.7. The number of aromatic hydroxyl groups is 1. The molecule has 3 rings (SSSR count). The third-order valence-corrected chi connectivity index (χ3v) is 3.49. The third-order valence-electron chi connectivity index (χ3n) is 3.49. The van der Waals surface area contributed by atoms with Gasteiger partial charge in [0.15, 0.2) is 0 Å². The molecule has 0 saturated carbocycles. The molecule has 3 nitrogen and oxygen atoms in total. The molecule has 1 unspecified atom stereocenters. The van der Waals surface area contributed by atoms with E-state index >= 15 is 0 Å². The number of hydrogen-bond acceptors (Lipinski definition) is 3. The number of aromatic nitrogens is 1. The number of fused-ring (bicyclic) bond motifs is 1. The zero-order valence-corrected chi connectivity index (χ0v) is 12.0. The van der Waals surface area contributed by atoms with Crippen molar-refractivity contribution in [1.82, 2.24) is 4.98 Å². The third kappa shape index (κ3) is 3.31. The van der Waals surface area contributed by atoms with Crippen LogP contribution in [0, 0.1) is 0 Å². The normalized spacial score (nSPS) is 12.2. The summed E-state index contributed by atoms with van der Waals surface area (Å²) in [5.41, 5.74) is 3.31. The van der Waals surface area contributed by atoms with Crippen molar-refractivity contribution in [3.8, 4) is 5.75 Å². The van der Waals surface area contributed by atoms with Crippen LogP contribution in [0.5, 0.6) is 5.75 Å². The van der Waals surface area contributed by atoms with Crippen LogP contribution < -0.4 is 5.32 Å². The minimum atomic E-state index is 0.307. The molecule has 1 heterocycles. The lowest BCUT2D eigenvalue weighted by Gasteiger charge is -2.16. The van der Waals surface area contributed by atoms with Crippen LogP contribution in [0.1, 0.15) is 12.5 Å². The van der Waals surface area contributed by atoms with Crippen molar-refractivity contribution in [2.75, 3.05) is 5.32 Å². The van der Waals surface area contributed by atoms with Crippen molar-refractivity contribution in [2.45, 2.75) is 19.4 Å². The standard InChI is InChI=1S/C18H18N2O/c1-13(11-14-4-7-17(21)8-5-14)20-16-6-9-18-15(12-16)3-2-10-19-18/h2-10,12-13,20-21H,11H2,1H3. The summed E-state index contributed by atoms with van der Waals surface area (Å²) in [6, 6.07) is 17.9. The van der Waals surface area contributed by atoms with Crippen LogP contribution in [0.4, 0.5) is 5.69 Å². The fraction of sp³-hybridized carbons (Fsp3) is 0.167. The van der Waals surface area contributed by atoms with Gasteiger partial charge in [0.1, 0.15) is 5.75 Å². The molecule has 0 amide bonds. The van der Waals surface area contributed by atoms with Crippen molar-refractivity contribution < 1.29 is 5.11 Å². The first-order valence-corrected chi connectivity index (χ1v) is 7.10. The van der Waals surface area contributed by atoms with Crippen LogP contribution in [0.15, 0.2) is 60.8 Å². The predicted molar refractivity (Wildman–Crippen MR) is 86.6 cm³/mol. The zero-order valence-electron chi connectivity index (χ0n) is 12.0. The van der Waals surface area contributed by atoms with Gasteiger partial charge in [-0.25, -0.2) is 0 Å². The highest BCUT2D eigenvalue weighted by Crippen LogP contribution is 2.19. The minimum absolute atomic E-state index is 0.307. The van der Waals surface area contributed by atoms with Gasteiger partial charge in [-0.3, -0.25) is 4.98 Å². The molecule has 21 heavy (non-hydrogen) atoms. The molecular weight excluding hydrogens is 260 g/mol. The molecule has 0 aliphatic heterocycles. The van der Waals surface area contributed by atoms with E-state index < -0.39 is 0 Å². The summed E-state index contributed by atoms with van der Waals surface area (Å²) in [5.74, 6) is 0.307. The Morgan fingerprint density at radius 1 is 1.10 bits per heavy atom. The number of phenolic OH excluding ortho intramolecular Hbond substituents is 1. The molecule has 1 atom stereocenters. The summed E-state index contributed by atoms with van der Waals surface area (Å²) in [4.78, 5) is 4.33. The van der Waals surface area contributed by atoms with E-state index in [9.17, 15) is 5.11 Å². The Bertz CT molecular complexity index is 738. The molecule has 0 spiro atoms. The maximum Gasteiger partial charge on any atom is 0.115 e. The fourth-order valence-corrected chi connectivity index (χ4v) is 2.49. The molecule has 0 bridgehead atoms. The maximum atomic E-state index is 9.31. The van der Waals surface area contributed by atoms with Crippen LogP contribution in [-0.4, -0.2) is 16.1 Å². The number of hydrogen-bond donors (Lipinski definition) is 2. The lowest BCUT2D eigenvalue weighted by molar-refractivity contribution is 0.475. The van der Waals surface area contributed by atoms with E-state index in [2.05, 4.69) is 35.4 Å². The lowest BCUT2D eigenvalue weighted by atomic mass is 10.1. The number of nitrogens with zero attached hydrogens (tertiary/aromatic N) is 1. The van der Waals surface area contributed by atoms with E-state index in [0.29, 0.717) is 11.8 Å². The van der Waals surface area contributed by atoms with Crippen molar-refractivity contribution in [1.29, 1.82) is 0 Å². The number of rotatable bonds is 4. The summed E-state index contributed by atoms with van der Waals surface area (Å²) in [5, 5.41) is 14.0. The minimum Gasteiger partial charge on any atom is -0.508 e. The van der Waals surface area contributed by atoms with Gasteiger partial charge in [0, 0.05) is 23.3 Å². The van der Waals surface area contributed by atoms with Gasteiger partial charge in [-0.1, -0.05) is 18.2 Å². The van der Waals surface area contributed by atoms with E-state index in [-0.39, 0.29) is 0 Å². The molecule has 0 aliphatic carbocycles. The summed E-state index contributed by atoms with van der Waals surface area (Å²) < 4.78 is 0. The maximum absolute atomic E-state index is 9.31. The Kier molecular flexibility index (Phi) is 3.73. The van der Waals surface area contributed by atoms with Crippen LogP contribution >= 0.6 is 0 Å². The first-order chi connectivity index (χ1) is 10.2. The van der Waals surface area contributed by atoms with Gasteiger partial charge in [-0.05, 0) is 55.3 Å². The van der Waals surface area contributed by atoms with Gasteiger partial charge >= 0.3 is 0 Å². The quantitative estimate of drug-likeness (QED) is 0.758. The monoisotopic (exact) mass is 278 g/mol. The lowest BCUT2D eigenvalue weighted by Crippen LogP contribution is -2.17. The van der Waals surface area contributed by atoms with Gasteiger partial charge in [0.05, 0.1) is 5.52 Å². The van der Waals surface area contributed by atoms with E-state index in [1.54, 1.807) is 12.1 Å². The second-order valence-electron chi connectivity index (χ2n) is 5.33. The average Bonchev–Trinajstić information content (AvgIpc) is 2.49. The van der Waals surface area contributed by atoms with Gasteiger partial charge in [-0.15, -0.1) is 0 Å². The molecule has 0 saturated heterocycles. The Morgan fingerprint density at radius 3 is 2.71 bits per heavy atom. The summed E-state index contributed by atoms with van der Waals surface area (Å²) >= 11 is 0. The molecular formula is C18H18N2O. The number of pyridine rings is 1. The van der Waals surface area contributed by atoms with Crippen molar-refractivity contribution in [2.24, 2.45) is 0 Å². The highest BCUT2D eigenvalue weighted by Gasteiger charge is 2.05. The molecule has 2 aromatic carbocycles. The summed E-state index contributed by atoms with van der Waals surface area (Å²) in [7, 11) is 0. The predicted octanol–water partition coefficient (Wildman–Crippen LogP) is 3.98. The molecule has 2 N–H and O–H groups in total. The van der Waals surface area contributed by atoms with Crippen LogP contribution in [-0.2, 0) is 6.42 Å². The summed E-state index contributed by atoms with van der Waals surface area (Å²) in [6.45, 7) is 2.15. The highest BCUT2D eigenvalue weighted by molar-refractivity contribution is 5.82. The topological polar surface area (TPSA) is 45.1 Å². The van der Waals surface area contributed by atoms with E-state index in [4.69, 9.17) is 0 Å². The Balaban J connectivity index is 1.70. The van der Waals surface area contributed by atoms with Crippen molar-refractivity contribution in [3.05, 3.63) is 66.4 Å². The van der Waals surface area contributed by atoms with Crippen molar-refractivity contribution in [3.63, 3.8) is 0 Å². The second-order valence-corrected chi connectivity index (χ2v) is 5.33. The first-order valence-electron chi connectivity index (χ1n) is 7.10. The molecule has 0 fully saturated rings. The van der Waals surface area contributed by atoms with Crippen LogP contribution in [0.3, 0.4) is 0 Å². The average molecular weight is 278 g/mol. The Morgan fingerprint density at radius 2 is 1.90 bits per heavy atom. The molecule has 0 radical (unpaired) electrons. The van der Waals surface area contributed by atoms with E-state index in [1.807, 2.05) is 30.5 Å². The van der Waals surface area contributed by atoms with E-state index in [0.717, 1.165) is 23.0 Å². The van der Waals surface area contributed by atoms with Gasteiger partial charge in [0.25, 0.3) is 0 Å². The largest absolute Gasteiger partial charge is 0.508 e. The Hall–Kier alpha value is -2.55. The smallest absolute Gasteiger partial charge is 0.115 e. The van der Waals surface area contributed by atoms with Crippen molar-refractivity contribution >= 4 is 16.6 Å². The summed E-state index contributed by atoms with van der Waals surface area (Å²) in [6.07, 6.45) is 2.72.